The van der Waals surface area contributed by atoms with Crippen LogP contribution in [0.2, 0.25) is 0 Å². The van der Waals surface area contributed by atoms with Crippen molar-refractivity contribution in [1.82, 2.24) is 5.32 Å². The Labute approximate surface area is 257 Å². The molecule has 0 radical (unpaired) electrons. The molecule has 0 bridgehead atoms. The van der Waals surface area contributed by atoms with Gasteiger partial charge in [0, 0.05) is 36.9 Å². The van der Waals surface area contributed by atoms with E-state index in [1.165, 1.54) is 14.0 Å². The van der Waals surface area contributed by atoms with Crippen LogP contribution in [0, 0.1) is 18.8 Å². The molecule has 4 rings (SSSR count). The van der Waals surface area contributed by atoms with Crippen molar-refractivity contribution in [3.05, 3.63) is 33.9 Å². The number of benzene rings is 1. The van der Waals surface area contributed by atoms with Crippen molar-refractivity contribution < 1.29 is 53.1 Å². The molecular weight excluding hydrogens is 574 g/mol. The van der Waals surface area contributed by atoms with Crippen molar-refractivity contribution in [2.45, 2.75) is 104 Å². The third kappa shape index (κ3) is 6.62. The molecule has 12 nitrogen and oxygen atoms in total. The molecule has 0 aromatic heterocycles. The smallest absolute Gasteiger partial charge is 0.342 e. The van der Waals surface area contributed by atoms with Gasteiger partial charge in [-0.05, 0) is 58.9 Å². The van der Waals surface area contributed by atoms with E-state index in [1.807, 2.05) is 6.92 Å². The predicted molar refractivity (Wildman–Crippen MR) is 156 cm³/mol. The van der Waals surface area contributed by atoms with E-state index in [4.69, 9.17) is 23.7 Å². The lowest BCUT2D eigenvalue weighted by Crippen LogP contribution is -2.58. The Kier molecular flexibility index (Phi) is 9.77. The van der Waals surface area contributed by atoms with Crippen LogP contribution in [0.1, 0.15) is 87.4 Å². The molecule has 5 atom stereocenters. The molecule has 1 saturated carbocycles. The number of ether oxygens (including phenoxy) is 5. The molecule has 1 aromatic carbocycles. The molecule has 5 unspecified atom stereocenters. The van der Waals surface area contributed by atoms with Crippen LogP contribution in [0.5, 0.6) is 11.5 Å². The number of carboxylic acids is 1. The van der Waals surface area contributed by atoms with Crippen LogP contribution < -0.4 is 14.8 Å². The minimum atomic E-state index is -1.82. The van der Waals surface area contributed by atoms with E-state index in [0.717, 1.165) is 0 Å². The normalized spacial score (nSPS) is 26.3. The number of esters is 2. The van der Waals surface area contributed by atoms with Gasteiger partial charge in [0.2, 0.25) is 0 Å². The Morgan fingerprint density at radius 3 is 2.48 bits per heavy atom. The number of rotatable bonds is 11. The molecule has 44 heavy (non-hydrogen) atoms. The number of hydrogen-bond donors (Lipinski definition) is 3. The third-order valence-corrected chi connectivity index (χ3v) is 8.62. The topological polar surface area (TPSA) is 167 Å². The number of aliphatic hydroxyl groups is 1. The Morgan fingerprint density at radius 2 is 1.86 bits per heavy atom. The molecule has 1 aromatic rings. The maximum Gasteiger partial charge on any atom is 0.342 e. The number of carbonyl (C=O) groups is 4. The van der Waals surface area contributed by atoms with Gasteiger partial charge in [-0.15, -0.1) is 0 Å². The molecule has 0 spiro atoms. The van der Waals surface area contributed by atoms with E-state index in [-0.39, 0.29) is 43.6 Å². The predicted octanol–water partition coefficient (Wildman–Crippen LogP) is 3.37. The summed E-state index contributed by atoms with van der Waals surface area (Å²) in [6, 6.07) is 0. The molecule has 1 aliphatic carbocycles. The van der Waals surface area contributed by atoms with Gasteiger partial charge in [0.05, 0.1) is 25.2 Å². The first-order chi connectivity index (χ1) is 20.6. The summed E-state index contributed by atoms with van der Waals surface area (Å²) < 4.78 is 28.6. The molecule has 2 fully saturated rings. The fraction of sp³-hybridized carbons (Fsp3) is 0.625. The maximum absolute atomic E-state index is 13.1. The third-order valence-electron chi connectivity index (χ3n) is 8.62. The number of allylic oxidation sites excluding steroid dienone is 2. The Morgan fingerprint density at radius 1 is 1.16 bits per heavy atom. The highest BCUT2D eigenvalue weighted by Crippen LogP contribution is 2.48. The van der Waals surface area contributed by atoms with Crippen LogP contribution in [0.4, 0.5) is 0 Å². The van der Waals surface area contributed by atoms with Crippen LogP contribution in [-0.2, 0) is 41.6 Å². The molecule has 2 aliphatic heterocycles. The first-order valence-corrected chi connectivity index (χ1v) is 14.9. The summed E-state index contributed by atoms with van der Waals surface area (Å²) in [5.41, 5.74) is 0.772. The SMILES string of the molecule is CCCNC(=O)C1(O)CC2OC(C)(C)OC2C(C(C/C(C)=C/Cc2c(OC)c(C)c3c(c2OC(C)=O)C(=O)OC3)C(=O)O)C1. The van der Waals surface area contributed by atoms with Crippen molar-refractivity contribution in [2.24, 2.45) is 11.8 Å². The van der Waals surface area contributed by atoms with Crippen LogP contribution in [-0.4, -0.2) is 71.3 Å². The molecule has 1 saturated heterocycles. The van der Waals surface area contributed by atoms with Gasteiger partial charge in [-0.25, -0.2) is 4.79 Å². The highest BCUT2D eigenvalue weighted by atomic mass is 16.8. The van der Waals surface area contributed by atoms with Gasteiger partial charge in [0.15, 0.2) is 11.5 Å². The minimum Gasteiger partial charge on any atom is -0.496 e. The van der Waals surface area contributed by atoms with Gasteiger partial charge in [-0.2, -0.15) is 0 Å². The van der Waals surface area contributed by atoms with Crippen molar-refractivity contribution in [1.29, 1.82) is 0 Å². The second-order valence-corrected chi connectivity index (χ2v) is 12.4. The summed E-state index contributed by atoms with van der Waals surface area (Å²) >= 11 is 0. The van der Waals surface area contributed by atoms with Crippen molar-refractivity contribution in [3.63, 3.8) is 0 Å². The van der Waals surface area contributed by atoms with E-state index in [1.54, 1.807) is 33.8 Å². The molecule has 3 aliphatic rings. The highest BCUT2D eigenvalue weighted by Gasteiger charge is 2.58. The summed E-state index contributed by atoms with van der Waals surface area (Å²) in [6.07, 6.45) is 1.30. The number of amides is 1. The number of hydrogen-bond acceptors (Lipinski definition) is 10. The second kappa shape index (κ2) is 12.9. The lowest BCUT2D eigenvalue weighted by molar-refractivity contribution is -0.163. The number of carbonyl (C=O) groups excluding carboxylic acids is 3. The van der Waals surface area contributed by atoms with E-state index < -0.39 is 59.2 Å². The summed E-state index contributed by atoms with van der Waals surface area (Å²) in [4.78, 5) is 50.4. The molecule has 12 heteroatoms. The largest absolute Gasteiger partial charge is 0.496 e. The van der Waals surface area contributed by atoms with Crippen LogP contribution in [0.25, 0.3) is 0 Å². The summed E-state index contributed by atoms with van der Waals surface area (Å²) in [5.74, 6) is -5.13. The average Bonchev–Trinajstić information content (AvgIpc) is 3.48. The van der Waals surface area contributed by atoms with Crippen molar-refractivity contribution in [3.8, 4) is 11.5 Å². The lowest BCUT2D eigenvalue weighted by Gasteiger charge is -2.43. The van der Waals surface area contributed by atoms with Crippen molar-refractivity contribution in [2.75, 3.05) is 13.7 Å². The number of methoxy groups -OCH3 is 1. The van der Waals surface area contributed by atoms with Gasteiger partial charge in [-0.1, -0.05) is 18.6 Å². The van der Waals surface area contributed by atoms with Crippen LogP contribution >= 0.6 is 0 Å². The average molecular weight is 618 g/mol. The number of cyclic esters (lactones) is 1. The molecule has 1 amide bonds. The zero-order valence-corrected chi connectivity index (χ0v) is 26.4. The molecular formula is C32H43NO11. The fourth-order valence-corrected chi connectivity index (χ4v) is 6.66. The molecule has 2 heterocycles. The van der Waals surface area contributed by atoms with Gasteiger partial charge >= 0.3 is 17.9 Å². The Balaban J connectivity index is 1.66. The summed E-state index contributed by atoms with van der Waals surface area (Å²) in [7, 11) is 1.48. The van der Waals surface area contributed by atoms with E-state index in [2.05, 4.69) is 5.32 Å². The van der Waals surface area contributed by atoms with Gasteiger partial charge in [-0.3, -0.25) is 14.4 Å². The number of fused-ring (bicyclic) bond motifs is 2. The zero-order valence-electron chi connectivity index (χ0n) is 26.4. The number of nitrogens with one attached hydrogen (secondary N) is 1. The van der Waals surface area contributed by atoms with E-state index >= 15 is 0 Å². The van der Waals surface area contributed by atoms with E-state index in [9.17, 15) is 29.4 Å². The van der Waals surface area contributed by atoms with Gasteiger partial charge < -0.3 is 39.2 Å². The Bertz CT molecular complexity index is 1370. The summed E-state index contributed by atoms with van der Waals surface area (Å²) in [6.45, 7) is 10.6. The van der Waals surface area contributed by atoms with Gasteiger partial charge in [0.25, 0.3) is 5.91 Å². The van der Waals surface area contributed by atoms with Crippen molar-refractivity contribution >= 4 is 23.8 Å². The lowest BCUT2D eigenvalue weighted by atomic mass is 9.68. The number of aliphatic carboxylic acids is 1. The standard InChI is InChI=1S/C32H43NO11/c1-8-11-33-30(38)32(39)13-21(26-23(14-32)43-31(5,6)44-26)20(28(35)36)12-16(2)9-10-19-25(40-7)17(3)22-15-41-29(37)24(22)27(19)42-18(4)34/h9,20-21,23,26,39H,8,10-15H2,1-7H3,(H,33,38)(H,35,36)/b16-9+. The monoisotopic (exact) mass is 617 g/mol. The van der Waals surface area contributed by atoms with E-state index in [0.29, 0.717) is 41.0 Å². The zero-order chi connectivity index (χ0) is 32.6. The van der Waals surface area contributed by atoms with Crippen LogP contribution in [0.3, 0.4) is 0 Å². The quantitative estimate of drug-likeness (QED) is 0.189. The number of carboxylic acid groups (broad SMARTS) is 1. The fourth-order valence-electron chi connectivity index (χ4n) is 6.66. The first kappa shape index (κ1) is 33.4. The van der Waals surface area contributed by atoms with Gasteiger partial charge in [0.1, 0.15) is 23.5 Å². The highest BCUT2D eigenvalue weighted by molar-refractivity contribution is 5.99. The molecule has 3 N–H and O–H groups in total. The minimum absolute atomic E-state index is 0.00681. The summed E-state index contributed by atoms with van der Waals surface area (Å²) in [5, 5.41) is 24.7. The Hall–Kier alpha value is -3.48. The molecule has 242 valence electrons. The first-order valence-electron chi connectivity index (χ1n) is 14.9. The van der Waals surface area contributed by atoms with Crippen LogP contribution in [0.15, 0.2) is 11.6 Å². The second-order valence-electron chi connectivity index (χ2n) is 12.4. The maximum atomic E-state index is 13.1.